The Kier molecular flexibility index (Phi) is 4.58. The molecular weight excluding hydrogens is 265 g/mol. The minimum atomic E-state index is -0.463. The first-order valence-electron chi connectivity index (χ1n) is 6.76. The van der Waals surface area contributed by atoms with Gasteiger partial charge in [-0.2, -0.15) is 0 Å². The average molecular weight is 284 g/mol. The first kappa shape index (κ1) is 14.5. The fourth-order valence-corrected chi connectivity index (χ4v) is 3.05. The average Bonchev–Trinajstić information content (AvgIpc) is 2.85. The van der Waals surface area contributed by atoms with Crippen LogP contribution < -0.4 is 5.32 Å². The molecule has 1 fully saturated rings. The van der Waals surface area contributed by atoms with E-state index in [0.29, 0.717) is 12.1 Å². The third-order valence-corrected chi connectivity index (χ3v) is 4.24. The van der Waals surface area contributed by atoms with E-state index in [0.717, 1.165) is 25.8 Å². The smallest absolute Gasteiger partial charge is 0.145 e. The standard InChI is InChI=1S/C15H19ClFNO/c1-2-6-15(7-8-18-10-15)13(19)9-11-4-3-5-12(16)14(11)17/h3-5,18H,2,6-10H2,1H3. The van der Waals surface area contributed by atoms with Crippen molar-refractivity contribution in [3.8, 4) is 0 Å². The van der Waals surface area contributed by atoms with Crippen LogP contribution in [-0.2, 0) is 11.2 Å². The van der Waals surface area contributed by atoms with Gasteiger partial charge in [0.05, 0.1) is 5.02 Å². The fraction of sp³-hybridized carbons (Fsp3) is 0.533. The van der Waals surface area contributed by atoms with Crippen LogP contribution in [0.2, 0.25) is 5.02 Å². The summed E-state index contributed by atoms with van der Waals surface area (Å²) in [5.74, 6) is -0.337. The maximum absolute atomic E-state index is 13.9. The lowest BCUT2D eigenvalue weighted by Crippen LogP contribution is -2.34. The van der Waals surface area contributed by atoms with Crippen molar-refractivity contribution < 1.29 is 9.18 Å². The Bertz CT molecular complexity index is 469. The van der Waals surface area contributed by atoms with Crippen molar-refractivity contribution in [2.75, 3.05) is 13.1 Å². The summed E-state index contributed by atoms with van der Waals surface area (Å²) in [7, 11) is 0. The molecule has 1 saturated heterocycles. The van der Waals surface area contributed by atoms with Gasteiger partial charge in [0, 0.05) is 18.4 Å². The Balaban J connectivity index is 2.17. The highest BCUT2D eigenvalue weighted by Gasteiger charge is 2.39. The summed E-state index contributed by atoms with van der Waals surface area (Å²) in [6.45, 7) is 3.65. The maximum atomic E-state index is 13.9. The Labute approximate surface area is 118 Å². The van der Waals surface area contributed by atoms with E-state index in [2.05, 4.69) is 12.2 Å². The molecule has 4 heteroatoms. The van der Waals surface area contributed by atoms with E-state index >= 15 is 0 Å². The van der Waals surface area contributed by atoms with Gasteiger partial charge in [-0.05, 0) is 31.0 Å². The molecule has 2 nitrogen and oxygen atoms in total. The van der Waals surface area contributed by atoms with Gasteiger partial charge >= 0.3 is 0 Å². The van der Waals surface area contributed by atoms with Crippen molar-refractivity contribution in [1.29, 1.82) is 0 Å². The van der Waals surface area contributed by atoms with Crippen molar-refractivity contribution in [2.24, 2.45) is 5.41 Å². The number of carbonyl (C=O) groups excluding carboxylic acids is 1. The molecule has 0 aromatic heterocycles. The first-order chi connectivity index (χ1) is 9.09. The number of hydrogen-bond acceptors (Lipinski definition) is 2. The van der Waals surface area contributed by atoms with E-state index in [1.807, 2.05) is 0 Å². The van der Waals surface area contributed by atoms with Gasteiger partial charge in [0.2, 0.25) is 0 Å². The number of benzene rings is 1. The molecule has 2 rings (SSSR count). The van der Waals surface area contributed by atoms with Crippen LogP contribution >= 0.6 is 11.6 Å². The quantitative estimate of drug-likeness (QED) is 0.898. The van der Waals surface area contributed by atoms with Crippen LogP contribution in [0.5, 0.6) is 0 Å². The van der Waals surface area contributed by atoms with E-state index in [9.17, 15) is 9.18 Å². The zero-order valence-corrected chi connectivity index (χ0v) is 11.9. The third kappa shape index (κ3) is 2.98. The monoisotopic (exact) mass is 283 g/mol. The van der Waals surface area contributed by atoms with Crippen LogP contribution in [0.15, 0.2) is 18.2 Å². The lowest BCUT2D eigenvalue weighted by atomic mass is 9.76. The van der Waals surface area contributed by atoms with E-state index in [-0.39, 0.29) is 22.6 Å². The summed E-state index contributed by atoms with van der Waals surface area (Å²) in [6, 6.07) is 4.83. The molecule has 1 aliphatic rings. The van der Waals surface area contributed by atoms with E-state index in [4.69, 9.17) is 11.6 Å². The Morgan fingerprint density at radius 3 is 2.95 bits per heavy atom. The first-order valence-corrected chi connectivity index (χ1v) is 7.14. The third-order valence-electron chi connectivity index (χ3n) is 3.95. The van der Waals surface area contributed by atoms with E-state index in [1.54, 1.807) is 12.1 Å². The lowest BCUT2D eigenvalue weighted by molar-refractivity contribution is -0.127. The predicted molar refractivity (Wildman–Crippen MR) is 74.9 cm³/mol. The van der Waals surface area contributed by atoms with Crippen molar-refractivity contribution in [1.82, 2.24) is 5.32 Å². The molecule has 1 aromatic rings. The molecule has 0 bridgehead atoms. The summed E-state index contributed by atoms with van der Waals surface area (Å²) >= 11 is 5.75. The highest BCUT2D eigenvalue weighted by atomic mass is 35.5. The van der Waals surface area contributed by atoms with E-state index in [1.165, 1.54) is 6.07 Å². The number of Topliss-reactive ketones (excluding diaryl/α,β-unsaturated/α-hetero) is 1. The van der Waals surface area contributed by atoms with E-state index < -0.39 is 5.82 Å². The molecule has 1 atom stereocenters. The zero-order chi connectivity index (χ0) is 13.9. The summed E-state index contributed by atoms with van der Waals surface area (Å²) in [5.41, 5.74) is 0.0867. The molecule has 0 saturated carbocycles. The second-order valence-electron chi connectivity index (χ2n) is 5.27. The number of rotatable bonds is 5. The molecule has 0 amide bonds. The second kappa shape index (κ2) is 6.02. The van der Waals surface area contributed by atoms with Crippen LogP contribution in [0, 0.1) is 11.2 Å². The van der Waals surface area contributed by atoms with Crippen LogP contribution in [0.4, 0.5) is 4.39 Å². The minimum absolute atomic E-state index is 0.0828. The molecule has 1 N–H and O–H groups in total. The Morgan fingerprint density at radius 2 is 2.32 bits per heavy atom. The Hall–Kier alpha value is -0.930. The molecule has 1 aromatic carbocycles. The van der Waals surface area contributed by atoms with Gasteiger partial charge in [0.25, 0.3) is 0 Å². The molecule has 104 valence electrons. The van der Waals surface area contributed by atoms with Crippen molar-refractivity contribution >= 4 is 17.4 Å². The number of halogens is 2. The lowest BCUT2D eigenvalue weighted by Gasteiger charge is -2.26. The summed E-state index contributed by atoms with van der Waals surface area (Å²) < 4.78 is 13.9. The van der Waals surface area contributed by atoms with Gasteiger partial charge in [0.1, 0.15) is 11.6 Å². The number of carbonyl (C=O) groups is 1. The van der Waals surface area contributed by atoms with Crippen LogP contribution in [0.25, 0.3) is 0 Å². The molecule has 1 heterocycles. The number of nitrogens with one attached hydrogen (secondary N) is 1. The largest absolute Gasteiger partial charge is 0.316 e. The minimum Gasteiger partial charge on any atom is -0.316 e. The van der Waals surface area contributed by atoms with Gasteiger partial charge in [-0.25, -0.2) is 4.39 Å². The molecule has 1 unspecified atom stereocenters. The topological polar surface area (TPSA) is 29.1 Å². The predicted octanol–water partition coefficient (Wildman–Crippen LogP) is 3.37. The van der Waals surface area contributed by atoms with Crippen molar-refractivity contribution in [2.45, 2.75) is 32.6 Å². The van der Waals surface area contributed by atoms with Crippen LogP contribution in [0.3, 0.4) is 0 Å². The van der Waals surface area contributed by atoms with Crippen molar-refractivity contribution in [3.63, 3.8) is 0 Å². The molecule has 0 aliphatic carbocycles. The summed E-state index contributed by atoms with van der Waals surface area (Å²) in [5, 5.41) is 3.33. The van der Waals surface area contributed by atoms with Gasteiger partial charge in [-0.15, -0.1) is 0 Å². The Morgan fingerprint density at radius 1 is 1.53 bits per heavy atom. The molecule has 0 spiro atoms. The van der Waals surface area contributed by atoms with Gasteiger partial charge < -0.3 is 5.32 Å². The fourth-order valence-electron chi connectivity index (χ4n) is 2.86. The number of hydrogen-bond donors (Lipinski definition) is 1. The summed E-state index contributed by atoms with van der Waals surface area (Å²) in [6.07, 6.45) is 2.81. The molecule has 1 aliphatic heterocycles. The molecule has 19 heavy (non-hydrogen) atoms. The molecule has 0 radical (unpaired) electrons. The van der Waals surface area contributed by atoms with Gasteiger partial charge in [-0.1, -0.05) is 37.1 Å². The number of ketones is 1. The van der Waals surface area contributed by atoms with Crippen LogP contribution in [-0.4, -0.2) is 18.9 Å². The van der Waals surface area contributed by atoms with Gasteiger partial charge in [-0.3, -0.25) is 4.79 Å². The maximum Gasteiger partial charge on any atom is 0.145 e. The van der Waals surface area contributed by atoms with Crippen LogP contribution in [0.1, 0.15) is 31.7 Å². The normalized spacial score (nSPS) is 22.7. The highest BCUT2D eigenvalue weighted by Crippen LogP contribution is 2.34. The van der Waals surface area contributed by atoms with Gasteiger partial charge in [0.15, 0.2) is 0 Å². The highest BCUT2D eigenvalue weighted by molar-refractivity contribution is 6.30. The second-order valence-corrected chi connectivity index (χ2v) is 5.68. The van der Waals surface area contributed by atoms with Crippen molar-refractivity contribution in [3.05, 3.63) is 34.6 Å². The molecular formula is C15H19ClFNO. The summed E-state index contributed by atoms with van der Waals surface area (Å²) in [4.78, 5) is 12.5. The SMILES string of the molecule is CCCC1(C(=O)Cc2cccc(Cl)c2F)CCNC1. The zero-order valence-electron chi connectivity index (χ0n) is 11.1.